The number of imide groups is 1. The van der Waals surface area contributed by atoms with Crippen molar-refractivity contribution in [1.82, 2.24) is 14.8 Å². The van der Waals surface area contributed by atoms with Gasteiger partial charge in [0, 0.05) is 44.5 Å². The van der Waals surface area contributed by atoms with E-state index in [0.717, 1.165) is 82.6 Å². The van der Waals surface area contributed by atoms with Gasteiger partial charge >= 0.3 is 0 Å². The fraction of sp³-hybridized carbons (Fsp3) is 0.636. The van der Waals surface area contributed by atoms with Crippen molar-refractivity contribution in [1.29, 1.82) is 0 Å². The normalized spacial score (nSPS) is 21.7. The molecule has 3 aliphatic rings. The molecule has 0 N–H and O–H groups in total. The number of thioether (sulfide) groups is 1. The highest BCUT2D eigenvalue weighted by Crippen LogP contribution is 2.48. The van der Waals surface area contributed by atoms with E-state index in [1.165, 1.54) is 23.8 Å². The molecule has 1 aliphatic carbocycles. The highest BCUT2D eigenvalue weighted by atomic mass is 32.2. The Morgan fingerprint density at radius 1 is 1.16 bits per heavy atom. The van der Waals surface area contributed by atoms with E-state index in [0.29, 0.717) is 6.54 Å². The first-order chi connectivity index (χ1) is 15.1. The van der Waals surface area contributed by atoms with Crippen molar-refractivity contribution >= 4 is 34.9 Å². The lowest BCUT2D eigenvalue weighted by atomic mass is 10.1. The van der Waals surface area contributed by atoms with E-state index in [1.807, 2.05) is 12.1 Å². The van der Waals surface area contributed by atoms with Crippen molar-refractivity contribution in [3.63, 3.8) is 0 Å². The fourth-order valence-corrected chi connectivity index (χ4v) is 6.03. The molecule has 9 heteroatoms. The molecule has 0 bridgehead atoms. The lowest BCUT2D eigenvalue weighted by Crippen LogP contribution is -2.47. The summed E-state index contributed by atoms with van der Waals surface area (Å²) in [4.78, 5) is 40.7. The van der Waals surface area contributed by atoms with Gasteiger partial charge in [-0.1, -0.05) is 18.0 Å². The van der Waals surface area contributed by atoms with Crippen molar-refractivity contribution in [2.45, 2.75) is 43.3 Å². The number of hydrogen-bond acceptors (Lipinski definition) is 8. The second-order valence-electron chi connectivity index (χ2n) is 8.40. The first-order valence-electron chi connectivity index (χ1n) is 11.2. The molecule has 168 valence electrons. The molecule has 0 radical (unpaired) electrons. The Balaban J connectivity index is 1.20. The van der Waals surface area contributed by atoms with Crippen molar-refractivity contribution < 1.29 is 14.4 Å². The van der Waals surface area contributed by atoms with Gasteiger partial charge < -0.3 is 9.74 Å². The van der Waals surface area contributed by atoms with Gasteiger partial charge in [0.05, 0.1) is 6.21 Å². The van der Waals surface area contributed by atoms with Gasteiger partial charge in [-0.25, -0.2) is 4.98 Å². The second kappa shape index (κ2) is 9.99. The van der Waals surface area contributed by atoms with Crippen LogP contribution in [0.3, 0.4) is 0 Å². The minimum absolute atomic E-state index is 0.0382. The van der Waals surface area contributed by atoms with Gasteiger partial charge in [0.2, 0.25) is 5.91 Å². The summed E-state index contributed by atoms with van der Waals surface area (Å²) in [5, 5.41) is 3.84. The van der Waals surface area contributed by atoms with Crippen LogP contribution < -0.4 is 4.90 Å². The maximum Gasteiger partial charge on any atom is 0.289 e. The Bertz CT molecular complexity index is 819. The molecule has 1 spiro atoms. The maximum atomic E-state index is 12.7. The molecule has 2 aliphatic heterocycles. The number of pyridine rings is 1. The first-order valence-corrected chi connectivity index (χ1v) is 12.0. The van der Waals surface area contributed by atoms with Gasteiger partial charge in [-0.3, -0.25) is 19.4 Å². The first kappa shape index (κ1) is 22.1. The quantitative estimate of drug-likeness (QED) is 0.346. The van der Waals surface area contributed by atoms with Crippen LogP contribution in [0.15, 0.2) is 23.5 Å². The van der Waals surface area contributed by atoms with E-state index >= 15 is 0 Å². The highest BCUT2D eigenvalue weighted by Gasteiger charge is 2.53. The number of nitrogens with zero attached hydrogens (tertiary/aromatic N) is 5. The van der Waals surface area contributed by atoms with Crippen LogP contribution in [0.1, 0.15) is 44.1 Å². The third-order valence-electron chi connectivity index (χ3n) is 6.44. The summed E-state index contributed by atoms with van der Waals surface area (Å²) in [5.74, 6) is 1.00. The summed E-state index contributed by atoms with van der Waals surface area (Å²) in [7, 11) is 1.53. The Hall–Kier alpha value is -2.13. The predicted octanol–water partition coefficient (Wildman–Crippen LogP) is 2.97. The van der Waals surface area contributed by atoms with Crippen LogP contribution in [-0.2, 0) is 9.63 Å². The van der Waals surface area contributed by atoms with E-state index in [1.54, 1.807) is 12.4 Å². The number of piperazine rings is 1. The van der Waals surface area contributed by atoms with Gasteiger partial charge in [-0.2, -0.15) is 0 Å². The molecule has 0 atom stereocenters. The zero-order valence-corrected chi connectivity index (χ0v) is 19.0. The van der Waals surface area contributed by atoms with Crippen LogP contribution in [0.2, 0.25) is 0 Å². The van der Waals surface area contributed by atoms with Crippen LogP contribution >= 0.6 is 11.8 Å². The number of amides is 2. The lowest BCUT2D eigenvalue weighted by Gasteiger charge is -2.36. The number of hydrogen-bond donors (Lipinski definition) is 0. The lowest BCUT2D eigenvalue weighted by molar-refractivity contribution is -0.129. The number of unbranched alkanes of at least 4 members (excludes halogenated alkanes) is 1. The smallest absolute Gasteiger partial charge is 0.289 e. The van der Waals surface area contributed by atoms with Crippen LogP contribution in [0.25, 0.3) is 0 Å². The average Bonchev–Trinajstić information content (AvgIpc) is 3.35. The number of aromatic nitrogens is 1. The van der Waals surface area contributed by atoms with Crippen LogP contribution in [-0.4, -0.2) is 83.3 Å². The van der Waals surface area contributed by atoms with Gasteiger partial charge in [-0.05, 0) is 56.1 Å². The van der Waals surface area contributed by atoms with Crippen molar-refractivity contribution in [3.8, 4) is 0 Å². The summed E-state index contributed by atoms with van der Waals surface area (Å²) in [6, 6.07) is 3.89. The van der Waals surface area contributed by atoms with Crippen LogP contribution in [0, 0.1) is 0 Å². The van der Waals surface area contributed by atoms with Crippen molar-refractivity contribution in [2.24, 2.45) is 5.16 Å². The predicted molar refractivity (Wildman–Crippen MR) is 123 cm³/mol. The number of carbonyl (C=O) groups is 2. The molecule has 4 rings (SSSR count). The summed E-state index contributed by atoms with van der Waals surface area (Å²) >= 11 is 1.28. The van der Waals surface area contributed by atoms with E-state index in [-0.39, 0.29) is 11.1 Å². The fourth-order valence-electron chi connectivity index (χ4n) is 4.72. The van der Waals surface area contributed by atoms with Crippen LogP contribution in [0.5, 0.6) is 0 Å². The van der Waals surface area contributed by atoms with Gasteiger partial charge in [0.25, 0.3) is 5.24 Å². The third-order valence-corrected chi connectivity index (χ3v) is 7.81. The minimum Gasteiger partial charge on any atom is -0.399 e. The third kappa shape index (κ3) is 4.87. The summed E-state index contributed by atoms with van der Waals surface area (Å²) in [6.45, 7) is 5.31. The average molecular weight is 446 g/mol. The summed E-state index contributed by atoms with van der Waals surface area (Å²) in [6.07, 6.45) is 9.20. The molecule has 1 aromatic rings. The molecule has 1 saturated carbocycles. The Morgan fingerprint density at radius 2 is 1.90 bits per heavy atom. The zero-order chi connectivity index (χ0) is 21.7. The second-order valence-corrected chi connectivity index (χ2v) is 9.73. The molecular formula is C22H31N5O3S. The molecule has 3 fully saturated rings. The number of anilines is 1. The van der Waals surface area contributed by atoms with Crippen LogP contribution in [0.4, 0.5) is 10.6 Å². The Kier molecular flexibility index (Phi) is 7.12. The van der Waals surface area contributed by atoms with Gasteiger partial charge in [0.15, 0.2) is 0 Å². The molecule has 8 nitrogen and oxygen atoms in total. The van der Waals surface area contributed by atoms with E-state index in [9.17, 15) is 9.59 Å². The topological polar surface area (TPSA) is 78.3 Å². The molecule has 3 heterocycles. The van der Waals surface area contributed by atoms with Gasteiger partial charge in [-0.15, -0.1) is 0 Å². The summed E-state index contributed by atoms with van der Waals surface area (Å²) in [5.41, 5.74) is 0.954. The number of carbonyl (C=O) groups excluding carboxylic acids is 2. The van der Waals surface area contributed by atoms with Gasteiger partial charge in [0.1, 0.15) is 17.7 Å². The maximum absolute atomic E-state index is 12.7. The largest absolute Gasteiger partial charge is 0.399 e. The highest BCUT2D eigenvalue weighted by molar-refractivity contribution is 8.16. The standard InChI is InChI=1S/C22H31N5O3S/c1-30-24-17-18-7-6-10-23-19(18)26-15-13-25(14-16-26)11-4-5-12-27-20(28)22(31-21(27)29)8-2-3-9-22/h6-7,10,17H,2-5,8-9,11-16H2,1H3. The molecular weight excluding hydrogens is 414 g/mol. The molecule has 0 unspecified atom stereocenters. The van der Waals surface area contributed by atoms with E-state index < -0.39 is 4.75 Å². The summed E-state index contributed by atoms with van der Waals surface area (Å²) < 4.78 is -0.425. The molecule has 1 aromatic heterocycles. The SMILES string of the molecule is CON=Cc1cccnc1N1CCN(CCCCN2C(=O)SC3(CCCC3)C2=O)CC1. The Labute approximate surface area is 188 Å². The number of oxime groups is 1. The molecule has 31 heavy (non-hydrogen) atoms. The van der Waals surface area contributed by atoms with E-state index in [2.05, 4.69) is 19.9 Å². The minimum atomic E-state index is -0.425. The van der Waals surface area contributed by atoms with Crippen molar-refractivity contribution in [3.05, 3.63) is 23.9 Å². The molecule has 0 aromatic carbocycles. The van der Waals surface area contributed by atoms with Crippen molar-refractivity contribution in [2.75, 3.05) is 51.3 Å². The molecule has 2 amide bonds. The number of rotatable bonds is 8. The Morgan fingerprint density at radius 3 is 2.65 bits per heavy atom. The zero-order valence-electron chi connectivity index (χ0n) is 18.2. The van der Waals surface area contributed by atoms with E-state index in [4.69, 9.17) is 4.84 Å². The molecule has 2 saturated heterocycles. The monoisotopic (exact) mass is 445 g/mol.